The van der Waals surface area contributed by atoms with E-state index in [0.29, 0.717) is 12.4 Å². The number of anilines is 1. The van der Waals surface area contributed by atoms with E-state index in [-0.39, 0.29) is 6.04 Å². The second-order valence-electron chi connectivity index (χ2n) is 4.92. The number of halogens is 2. The van der Waals surface area contributed by atoms with Crippen LogP contribution in [0.3, 0.4) is 0 Å². The largest absolute Gasteiger partial charge is 0.491 e. The molecule has 1 aromatic heterocycles. The van der Waals surface area contributed by atoms with Gasteiger partial charge in [0, 0.05) is 18.8 Å². The Morgan fingerprint density at radius 1 is 1.33 bits per heavy atom. The van der Waals surface area contributed by atoms with Crippen molar-refractivity contribution in [3.8, 4) is 5.75 Å². The van der Waals surface area contributed by atoms with Crippen molar-refractivity contribution in [2.24, 2.45) is 0 Å². The van der Waals surface area contributed by atoms with Crippen LogP contribution in [0.4, 0.5) is 14.5 Å². The van der Waals surface area contributed by atoms with E-state index in [4.69, 9.17) is 4.74 Å². The van der Waals surface area contributed by atoms with Crippen LogP contribution in [-0.4, -0.2) is 22.4 Å². The summed E-state index contributed by atoms with van der Waals surface area (Å²) in [5.41, 5.74) is 0.907. The Balaban J connectivity index is 1.83. The third-order valence-corrected chi connectivity index (χ3v) is 2.89. The van der Waals surface area contributed by atoms with Gasteiger partial charge in [-0.3, -0.25) is 4.68 Å². The van der Waals surface area contributed by atoms with Crippen LogP contribution in [0.2, 0.25) is 0 Å². The van der Waals surface area contributed by atoms with E-state index < -0.39 is 11.6 Å². The second kappa shape index (κ2) is 7.06. The first-order valence-electron chi connectivity index (χ1n) is 6.95. The molecule has 2 aromatic rings. The molecule has 0 bridgehead atoms. The minimum Gasteiger partial charge on any atom is -0.491 e. The fourth-order valence-corrected chi connectivity index (χ4v) is 1.90. The molecule has 6 heteroatoms. The lowest BCUT2D eigenvalue weighted by molar-refractivity contribution is 0.301. The molecule has 0 fully saturated rings. The number of hydrogen-bond acceptors (Lipinski definition) is 3. The van der Waals surface area contributed by atoms with Crippen molar-refractivity contribution in [2.75, 3.05) is 11.9 Å². The molecule has 0 saturated carbocycles. The Morgan fingerprint density at radius 2 is 2.14 bits per heavy atom. The van der Waals surface area contributed by atoms with Crippen LogP contribution in [0, 0.1) is 11.6 Å². The first kappa shape index (κ1) is 15.3. The molecule has 0 radical (unpaired) electrons. The third-order valence-electron chi connectivity index (χ3n) is 2.89. The van der Waals surface area contributed by atoms with Crippen LogP contribution in [0.15, 0.2) is 30.6 Å². The van der Waals surface area contributed by atoms with E-state index in [0.717, 1.165) is 30.8 Å². The lowest BCUT2D eigenvalue weighted by atomic mass is 10.3. The molecule has 1 aromatic carbocycles. The molecule has 0 aliphatic rings. The van der Waals surface area contributed by atoms with E-state index in [1.807, 2.05) is 17.8 Å². The van der Waals surface area contributed by atoms with Gasteiger partial charge in [0.15, 0.2) is 11.6 Å². The van der Waals surface area contributed by atoms with E-state index in [9.17, 15) is 8.78 Å². The predicted molar refractivity (Wildman–Crippen MR) is 77.5 cm³/mol. The highest BCUT2D eigenvalue weighted by Crippen LogP contribution is 2.16. The molecule has 0 unspecified atom stereocenters. The maximum atomic E-state index is 13.0. The van der Waals surface area contributed by atoms with Crippen molar-refractivity contribution in [3.05, 3.63) is 42.2 Å². The molecule has 0 aliphatic heterocycles. The van der Waals surface area contributed by atoms with Gasteiger partial charge in [-0.2, -0.15) is 5.10 Å². The molecule has 1 N–H and O–H groups in total. The Morgan fingerprint density at radius 3 is 2.86 bits per heavy atom. The average molecular weight is 295 g/mol. The number of benzene rings is 1. The van der Waals surface area contributed by atoms with Crippen molar-refractivity contribution in [2.45, 2.75) is 32.9 Å². The zero-order valence-electron chi connectivity index (χ0n) is 12.1. The van der Waals surface area contributed by atoms with Crippen LogP contribution in [-0.2, 0) is 6.54 Å². The Hall–Kier alpha value is -2.11. The zero-order valence-corrected chi connectivity index (χ0v) is 12.1. The normalized spacial score (nSPS) is 12.2. The number of hydrogen-bond donors (Lipinski definition) is 1. The number of nitrogens with one attached hydrogen (secondary N) is 1. The van der Waals surface area contributed by atoms with Gasteiger partial charge >= 0.3 is 0 Å². The second-order valence-corrected chi connectivity index (χ2v) is 4.92. The molecule has 0 spiro atoms. The standard InChI is InChI=1S/C15H19F2N3O/c1-3-6-20-9-12(8-18-20)19-11(2)10-21-13-4-5-14(16)15(17)7-13/h4-5,7-9,11,19H,3,6,10H2,1-2H3/t11-/m0/s1. The Labute approximate surface area is 122 Å². The summed E-state index contributed by atoms with van der Waals surface area (Å²) in [6, 6.07) is 3.51. The molecule has 1 atom stereocenters. The van der Waals surface area contributed by atoms with Gasteiger partial charge in [-0.15, -0.1) is 0 Å². The van der Waals surface area contributed by atoms with Crippen LogP contribution in [0.25, 0.3) is 0 Å². The Bertz CT molecular complexity index is 586. The number of aryl methyl sites for hydroxylation is 1. The number of aromatic nitrogens is 2. The molecule has 0 saturated heterocycles. The zero-order chi connectivity index (χ0) is 15.2. The maximum Gasteiger partial charge on any atom is 0.162 e. The highest BCUT2D eigenvalue weighted by atomic mass is 19.2. The first-order chi connectivity index (χ1) is 10.1. The lowest BCUT2D eigenvalue weighted by Gasteiger charge is -2.15. The van der Waals surface area contributed by atoms with Crippen molar-refractivity contribution in [3.63, 3.8) is 0 Å². The monoisotopic (exact) mass is 295 g/mol. The summed E-state index contributed by atoms with van der Waals surface area (Å²) < 4.78 is 33.1. The topological polar surface area (TPSA) is 39.1 Å². The number of nitrogens with zero attached hydrogens (tertiary/aromatic N) is 2. The summed E-state index contributed by atoms with van der Waals surface area (Å²) in [5, 5.41) is 7.46. The average Bonchev–Trinajstić information content (AvgIpc) is 2.88. The van der Waals surface area contributed by atoms with Gasteiger partial charge in [0.1, 0.15) is 12.4 Å². The first-order valence-corrected chi connectivity index (χ1v) is 6.95. The number of rotatable bonds is 7. The van der Waals surface area contributed by atoms with Crippen molar-refractivity contribution < 1.29 is 13.5 Å². The molecular formula is C15H19F2N3O. The summed E-state index contributed by atoms with van der Waals surface area (Å²) in [5.74, 6) is -1.48. The smallest absolute Gasteiger partial charge is 0.162 e. The predicted octanol–water partition coefficient (Wildman–Crippen LogP) is 3.45. The summed E-state index contributed by atoms with van der Waals surface area (Å²) in [6.07, 6.45) is 4.71. The maximum absolute atomic E-state index is 13.0. The summed E-state index contributed by atoms with van der Waals surface area (Å²) in [4.78, 5) is 0. The van der Waals surface area contributed by atoms with Crippen molar-refractivity contribution in [1.29, 1.82) is 0 Å². The molecule has 21 heavy (non-hydrogen) atoms. The minimum absolute atomic E-state index is 0.0115. The summed E-state index contributed by atoms with van der Waals surface area (Å²) >= 11 is 0. The molecule has 1 heterocycles. The molecule has 0 amide bonds. The molecule has 4 nitrogen and oxygen atoms in total. The SMILES string of the molecule is CCCn1cc(N[C@@H](C)COc2ccc(F)c(F)c2)cn1. The van der Waals surface area contributed by atoms with Gasteiger partial charge in [0.25, 0.3) is 0 Å². The van der Waals surface area contributed by atoms with Gasteiger partial charge < -0.3 is 10.1 Å². The Kier molecular flexibility index (Phi) is 5.14. The van der Waals surface area contributed by atoms with Gasteiger partial charge in [-0.05, 0) is 25.5 Å². The van der Waals surface area contributed by atoms with E-state index in [1.54, 1.807) is 6.20 Å². The van der Waals surface area contributed by atoms with Crippen LogP contribution in [0.5, 0.6) is 5.75 Å². The van der Waals surface area contributed by atoms with Crippen LogP contribution >= 0.6 is 0 Å². The molecule has 0 aliphatic carbocycles. The number of ether oxygens (including phenoxy) is 1. The van der Waals surface area contributed by atoms with E-state index in [1.165, 1.54) is 6.07 Å². The molecular weight excluding hydrogens is 276 g/mol. The van der Waals surface area contributed by atoms with Crippen molar-refractivity contribution in [1.82, 2.24) is 9.78 Å². The van der Waals surface area contributed by atoms with Crippen molar-refractivity contribution >= 4 is 5.69 Å². The van der Waals surface area contributed by atoms with Gasteiger partial charge in [0.05, 0.1) is 17.9 Å². The third kappa shape index (κ3) is 4.44. The molecule has 2 rings (SSSR count). The summed E-state index contributed by atoms with van der Waals surface area (Å²) in [7, 11) is 0. The van der Waals surface area contributed by atoms with Crippen LogP contribution < -0.4 is 10.1 Å². The summed E-state index contributed by atoms with van der Waals surface area (Å²) in [6.45, 7) is 5.25. The fourth-order valence-electron chi connectivity index (χ4n) is 1.90. The minimum atomic E-state index is -0.908. The molecule has 114 valence electrons. The van der Waals surface area contributed by atoms with Gasteiger partial charge in [-0.25, -0.2) is 8.78 Å². The fraction of sp³-hybridized carbons (Fsp3) is 0.400. The quantitative estimate of drug-likeness (QED) is 0.850. The van der Waals surface area contributed by atoms with Gasteiger partial charge in [0.2, 0.25) is 0 Å². The van der Waals surface area contributed by atoms with E-state index >= 15 is 0 Å². The van der Waals surface area contributed by atoms with Crippen LogP contribution in [0.1, 0.15) is 20.3 Å². The lowest BCUT2D eigenvalue weighted by Crippen LogP contribution is -2.23. The highest BCUT2D eigenvalue weighted by Gasteiger charge is 2.07. The van der Waals surface area contributed by atoms with Gasteiger partial charge in [-0.1, -0.05) is 6.92 Å². The highest BCUT2D eigenvalue weighted by molar-refractivity contribution is 5.39. The van der Waals surface area contributed by atoms with E-state index in [2.05, 4.69) is 17.3 Å².